The number of morpholine rings is 1. The van der Waals surface area contributed by atoms with Gasteiger partial charge in [0.25, 0.3) is 5.91 Å². The van der Waals surface area contributed by atoms with E-state index < -0.39 is 0 Å². The van der Waals surface area contributed by atoms with Crippen LogP contribution in [0.1, 0.15) is 46.0 Å². The zero-order chi connectivity index (χ0) is 14.2. The van der Waals surface area contributed by atoms with E-state index in [-0.39, 0.29) is 17.8 Å². The average molecular weight is 264 g/mol. The predicted octanol–water partition coefficient (Wildman–Crippen LogP) is 1.70. The second-order valence-electron chi connectivity index (χ2n) is 5.11. The number of ketones is 1. The lowest BCUT2D eigenvalue weighted by atomic mass is 10.1. The van der Waals surface area contributed by atoms with Gasteiger partial charge in [0, 0.05) is 24.3 Å². The van der Waals surface area contributed by atoms with E-state index >= 15 is 0 Å². The van der Waals surface area contributed by atoms with Crippen molar-refractivity contribution < 1.29 is 14.3 Å². The normalized spacial score (nSPS) is 19.6. The van der Waals surface area contributed by atoms with Gasteiger partial charge in [-0.05, 0) is 33.3 Å². The van der Waals surface area contributed by atoms with Gasteiger partial charge in [0.2, 0.25) is 0 Å². The molecule has 0 aliphatic carbocycles. The molecule has 1 N–H and O–H groups in total. The summed E-state index contributed by atoms with van der Waals surface area (Å²) in [5, 5.41) is 0. The Kier molecular flexibility index (Phi) is 3.75. The van der Waals surface area contributed by atoms with E-state index in [4.69, 9.17) is 4.74 Å². The van der Waals surface area contributed by atoms with Gasteiger partial charge in [0.1, 0.15) is 5.69 Å². The number of nitrogens with zero attached hydrogens (tertiary/aromatic N) is 1. The first-order chi connectivity index (χ1) is 8.91. The van der Waals surface area contributed by atoms with Gasteiger partial charge in [-0.15, -0.1) is 0 Å². The molecule has 2 rings (SSSR count). The van der Waals surface area contributed by atoms with Gasteiger partial charge in [0.05, 0.1) is 12.7 Å². The summed E-state index contributed by atoms with van der Waals surface area (Å²) in [6.45, 7) is 8.86. The second kappa shape index (κ2) is 5.17. The highest BCUT2D eigenvalue weighted by atomic mass is 16.5. The maximum atomic E-state index is 12.5. The topological polar surface area (TPSA) is 62.4 Å². The van der Waals surface area contributed by atoms with E-state index in [2.05, 4.69) is 4.98 Å². The van der Waals surface area contributed by atoms with Crippen molar-refractivity contribution in [2.75, 3.05) is 19.7 Å². The van der Waals surface area contributed by atoms with Crippen LogP contribution in [-0.2, 0) is 4.74 Å². The number of rotatable bonds is 2. The Morgan fingerprint density at radius 2 is 2.05 bits per heavy atom. The molecule has 0 radical (unpaired) electrons. The summed E-state index contributed by atoms with van der Waals surface area (Å²) in [5.74, 6) is -0.0658. The number of H-pyrrole nitrogens is 1. The van der Waals surface area contributed by atoms with E-state index in [1.54, 1.807) is 4.90 Å². The highest BCUT2D eigenvalue weighted by Gasteiger charge is 2.26. The van der Waals surface area contributed by atoms with Crippen molar-refractivity contribution >= 4 is 11.7 Å². The third kappa shape index (κ3) is 2.56. The Morgan fingerprint density at radius 3 is 2.58 bits per heavy atom. The number of carbonyl (C=O) groups excluding carboxylic acids is 2. The number of ether oxygens (including phenoxy) is 1. The number of hydrogen-bond acceptors (Lipinski definition) is 3. The zero-order valence-corrected chi connectivity index (χ0v) is 11.9. The smallest absolute Gasteiger partial charge is 0.270 e. The molecule has 1 atom stereocenters. The molecule has 104 valence electrons. The summed E-state index contributed by atoms with van der Waals surface area (Å²) in [6.07, 6.45) is 0.0568. The van der Waals surface area contributed by atoms with Crippen molar-refractivity contribution in [3.63, 3.8) is 0 Å². The number of nitrogens with one attached hydrogen (secondary N) is 1. The average Bonchev–Trinajstić information content (AvgIpc) is 2.63. The minimum atomic E-state index is -0.0525. The van der Waals surface area contributed by atoms with Gasteiger partial charge in [-0.2, -0.15) is 0 Å². The fourth-order valence-electron chi connectivity index (χ4n) is 2.65. The summed E-state index contributed by atoms with van der Waals surface area (Å²) in [6, 6.07) is 0. The van der Waals surface area contributed by atoms with Crippen LogP contribution < -0.4 is 0 Å². The molecule has 1 aromatic heterocycles. The third-order valence-corrected chi connectivity index (χ3v) is 3.53. The van der Waals surface area contributed by atoms with Crippen LogP contribution in [0.2, 0.25) is 0 Å². The Labute approximate surface area is 112 Å². The molecule has 1 aliphatic heterocycles. The Morgan fingerprint density at radius 1 is 1.37 bits per heavy atom. The molecule has 0 unspecified atom stereocenters. The molecular formula is C14H20N2O3. The van der Waals surface area contributed by atoms with Crippen molar-refractivity contribution in [2.45, 2.75) is 33.8 Å². The molecule has 0 aromatic carbocycles. The molecular weight excluding hydrogens is 244 g/mol. The SMILES string of the molecule is CC(=O)c1c(C)[nH]c(C(=O)N2CCO[C@H](C)C2)c1C. The molecule has 1 saturated heterocycles. The summed E-state index contributed by atoms with van der Waals surface area (Å²) in [7, 11) is 0. The lowest BCUT2D eigenvalue weighted by Crippen LogP contribution is -2.44. The van der Waals surface area contributed by atoms with Crippen LogP contribution in [-0.4, -0.2) is 47.4 Å². The van der Waals surface area contributed by atoms with E-state index in [0.717, 1.165) is 11.3 Å². The molecule has 19 heavy (non-hydrogen) atoms. The number of carbonyl (C=O) groups is 2. The number of hydrogen-bond donors (Lipinski definition) is 1. The molecule has 0 bridgehead atoms. The van der Waals surface area contributed by atoms with Crippen LogP contribution in [0, 0.1) is 13.8 Å². The lowest BCUT2D eigenvalue weighted by molar-refractivity contribution is -0.0126. The Balaban J connectivity index is 2.29. The van der Waals surface area contributed by atoms with E-state index in [1.165, 1.54) is 6.92 Å². The number of amides is 1. The van der Waals surface area contributed by atoms with Gasteiger partial charge in [-0.3, -0.25) is 9.59 Å². The maximum Gasteiger partial charge on any atom is 0.270 e. The molecule has 5 nitrogen and oxygen atoms in total. The molecule has 1 aromatic rings. The van der Waals surface area contributed by atoms with Crippen LogP contribution in [0.3, 0.4) is 0 Å². The fourth-order valence-corrected chi connectivity index (χ4v) is 2.65. The summed E-state index contributed by atoms with van der Waals surface area (Å²) in [4.78, 5) is 28.9. The van der Waals surface area contributed by atoms with E-state index in [0.29, 0.717) is 31.0 Å². The van der Waals surface area contributed by atoms with Crippen molar-refractivity contribution in [1.82, 2.24) is 9.88 Å². The monoisotopic (exact) mass is 264 g/mol. The van der Waals surface area contributed by atoms with Crippen LogP contribution in [0.25, 0.3) is 0 Å². The minimum absolute atomic E-state index is 0.0133. The molecule has 1 aliphatic rings. The van der Waals surface area contributed by atoms with Crippen LogP contribution in [0.15, 0.2) is 0 Å². The maximum absolute atomic E-state index is 12.5. The standard InChI is InChI=1S/C14H20N2O3/c1-8-7-16(5-6-19-8)14(18)13-9(2)12(11(4)17)10(3)15-13/h8,15H,5-7H2,1-4H3/t8-/m1/s1. The first kappa shape index (κ1) is 13.8. The van der Waals surface area contributed by atoms with E-state index in [1.807, 2.05) is 20.8 Å². The zero-order valence-electron chi connectivity index (χ0n) is 11.9. The van der Waals surface area contributed by atoms with Gasteiger partial charge >= 0.3 is 0 Å². The molecule has 2 heterocycles. The molecule has 1 amide bonds. The van der Waals surface area contributed by atoms with Crippen LogP contribution in [0.5, 0.6) is 0 Å². The highest BCUT2D eigenvalue weighted by molar-refractivity contribution is 6.02. The fraction of sp³-hybridized carbons (Fsp3) is 0.571. The third-order valence-electron chi connectivity index (χ3n) is 3.53. The Hall–Kier alpha value is -1.62. The van der Waals surface area contributed by atoms with Crippen molar-refractivity contribution in [3.05, 3.63) is 22.5 Å². The number of aromatic nitrogens is 1. The van der Waals surface area contributed by atoms with E-state index in [9.17, 15) is 9.59 Å². The van der Waals surface area contributed by atoms with Crippen molar-refractivity contribution in [3.8, 4) is 0 Å². The van der Waals surface area contributed by atoms with Crippen molar-refractivity contribution in [1.29, 1.82) is 0 Å². The number of aromatic amines is 1. The molecule has 5 heteroatoms. The summed E-state index contributed by atoms with van der Waals surface area (Å²) in [5.41, 5.74) is 2.66. The first-order valence-electron chi connectivity index (χ1n) is 6.52. The predicted molar refractivity (Wildman–Crippen MR) is 71.6 cm³/mol. The summed E-state index contributed by atoms with van der Waals surface area (Å²) >= 11 is 0. The van der Waals surface area contributed by atoms with Gasteiger partial charge in [0.15, 0.2) is 5.78 Å². The van der Waals surface area contributed by atoms with Gasteiger partial charge in [-0.25, -0.2) is 0 Å². The summed E-state index contributed by atoms with van der Waals surface area (Å²) < 4.78 is 5.43. The first-order valence-corrected chi connectivity index (χ1v) is 6.52. The number of aryl methyl sites for hydroxylation is 1. The quantitative estimate of drug-likeness (QED) is 0.827. The lowest BCUT2D eigenvalue weighted by Gasteiger charge is -2.31. The number of Topliss-reactive ketones (excluding diaryl/α,β-unsaturated/α-hetero) is 1. The second-order valence-corrected chi connectivity index (χ2v) is 5.11. The highest BCUT2D eigenvalue weighted by Crippen LogP contribution is 2.20. The van der Waals surface area contributed by atoms with Crippen LogP contribution in [0.4, 0.5) is 0 Å². The molecule has 0 spiro atoms. The van der Waals surface area contributed by atoms with Gasteiger partial charge in [-0.1, -0.05) is 0 Å². The molecule has 0 saturated carbocycles. The minimum Gasteiger partial charge on any atom is -0.375 e. The largest absolute Gasteiger partial charge is 0.375 e. The Bertz CT molecular complexity index is 519. The molecule has 1 fully saturated rings. The van der Waals surface area contributed by atoms with Gasteiger partial charge < -0.3 is 14.6 Å². The van der Waals surface area contributed by atoms with Crippen molar-refractivity contribution in [2.24, 2.45) is 0 Å². The van der Waals surface area contributed by atoms with Crippen LogP contribution >= 0.6 is 0 Å².